The number of amides is 1. The minimum absolute atomic E-state index is 0.165. The van der Waals surface area contributed by atoms with Crippen molar-refractivity contribution in [3.63, 3.8) is 0 Å². The molecule has 1 rings (SSSR count). The van der Waals surface area contributed by atoms with Gasteiger partial charge < -0.3 is 14.8 Å². The summed E-state index contributed by atoms with van der Waals surface area (Å²) in [7, 11) is 0. The Bertz CT molecular complexity index is 573. The molecule has 0 heterocycles. The third-order valence-electron chi connectivity index (χ3n) is 2.72. The van der Waals surface area contributed by atoms with Crippen LogP contribution in [0.25, 0.3) is 0 Å². The Balaban J connectivity index is 2.61. The molecule has 22 heavy (non-hydrogen) atoms. The molecule has 0 radical (unpaired) electrons. The smallest absolute Gasteiger partial charge is 0.332 e. The summed E-state index contributed by atoms with van der Waals surface area (Å²) >= 11 is 1.06. The summed E-state index contributed by atoms with van der Waals surface area (Å²) in [5.41, 5.74) is 2.34. The van der Waals surface area contributed by atoms with Gasteiger partial charge >= 0.3 is 5.97 Å². The molecule has 0 aliphatic carbocycles. The first kappa shape index (κ1) is 18.0. The predicted molar refractivity (Wildman–Crippen MR) is 83.5 cm³/mol. The van der Waals surface area contributed by atoms with E-state index in [9.17, 15) is 9.59 Å². The summed E-state index contributed by atoms with van der Waals surface area (Å²) in [6, 6.07) is 3.63. The molecular formula is C15H18N2O4S. The predicted octanol–water partition coefficient (Wildman–Crippen LogP) is 2.39. The minimum Gasteiger partial charge on any atom is -0.454 e. The van der Waals surface area contributed by atoms with Crippen molar-refractivity contribution in [1.82, 2.24) is 0 Å². The molecule has 0 atom stereocenters. The lowest BCUT2D eigenvalue weighted by atomic mass is 10.1. The first-order valence-electron chi connectivity index (χ1n) is 6.68. The number of hydrogen-bond acceptors (Lipinski definition) is 6. The van der Waals surface area contributed by atoms with Gasteiger partial charge in [-0.1, -0.05) is 0 Å². The highest BCUT2D eigenvalue weighted by Gasteiger charge is 2.11. The monoisotopic (exact) mass is 322 g/mol. The number of nitriles is 1. The maximum Gasteiger partial charge on any atom is 0.332 e. The molecule has 1 amide bonds. The third-order valence-corrected chi connectivity index (χ3v) is 3.29. The minimum atomic E-state index is -0.578. The quantitative estimate of drug-likeness (QED) is 0.471. The molecule has 0 spiro atoms. The molecule has 0 aliphatic rings. The highest BCUT2D eigenvalue weighted by Crippen LogP contribution is 2.27. The molecule has 0 saturated heterocycles. The SMILES string of the molecule is CCOCC(=O)OCC(=O)Nc1c(C)cc(SC#N)cc1C. The number of thiocyanates is 1. The Labute approximate surface area is 133 Å². The van der Waals surface area contributed by atoms with E-state index < -0.39 is 11.9 Å². The number of esters is 1. The van der Waals surface area contributed by atoms with Crippen LogP contribution in [0.5, 0.6) is 0 Å². The molecule has 6 nitrogen and oxygen atoms in total. The van der Waals surface area contributed by atoms with Gasteiger partial charge in [-0.05, 0) is 55.8 Å². The highest BCUT2D eigenvalue weighted by atomic mass is 32.2. The first-order valence-corrected chi connectivity index (χ1v) is 7.50. The topological polar surface area (TPSA) is 88.4 Å². The standard InChI is InChI=1S/C15H18N2O4S/c1-4-20-8-14(19)21-7-13(18)17-15-10(2)5-12(22-9-16)6-11(15)3/h5-6H,4,7-8H2,1-3H3,(H,17,18). The largest absolute Gasteiger partial charge is 0.454 e. The van der Waals surface area contributed by atoms with Gasteiger partial charge in [-0.3, -0.25) is 4.79 Å². The zero-order valence-corrected chi connectivity index (χ0v) is 13.6. The number of nitrogens with one attached hydrogen (secondary N) is 1. The van der Waals surface area contributed by atoms with E-state index in [-0.39, 0.29) is 13.2 Å². The van der Waals surface area contributed by atoms with Gasteiger partial charge in [0.1, 0.15) is 12.0 Å². The Morgan fingerprint density at radius 2 is 1.91 bits per heavy atom. The first-order chi connectivity index (χ1) is 10.5. The van der Waals surface area contributed by atoms with Gasteiger partial charge in [0.2, 0.25) is 0 Å². The third kappa shape index (κ3) is 5.76. The molecule has 1 N–H and O–H groups in total. The number of rotatable bonds is 7. The van der Waals surface area contributed by atoms with Crippen LogP contribution in [0.4, 0.5) is 5.69 Å². The fourth-order valence-electron chi connectivity index (χ4n) is 1.78. The second-order valence-electron chi connectivity index (χ2n) is 4.47. The lowest BCUT2D eigenvalue weighted by molar-refractivity contribution is -0.151. The molecule has 1 aromatic carbocycles. The van der Waals surface area contributed by atoms with Crippen LogP contribution in [0.2, 0.25) is 0 Å². The molecule has 7 heteroatoms. The highest BCUT2D eigenvalue weighted by molar-refractivity contribution is 8.03. The van der Waals surface area contributed by atoms with Gasteiger partial charge in [0, 0.05) is 17.2 Å². The molecule has 0 fully saturated rings. The van der Waals surface area contributed by atoms with Crippen molar-refractivity contribution in [2.75, 3.05) is 25.1 Å². The van der Waals surface area contributed by atoms with Crippen molar-refractivity contribution in [2.24, 2.45) is 0 Å². The Hall–Kier alpha value is -2.04. The summed E-state index contributed by atoms with van der Waals surface area (Å²) in [6.45, 7) is 5.32. The zero-order chi connectivity index (χ0) is 16.5. The summed E-state index contributed by atoms with van der Waals surface area (Å²) in [6.07, 6.45) is 0. The van der Waals surface area contributed by atoms with Crippen LogP contribution in [-0.2, 0) is 19.1 Å². The Morgan fingerprint density at radius 1 is 1.27 bits per heavy atom. The molecule has 118 valence electrons. The van der Waals surface area contributed by atoms with Gasteiger partial charge in [0.05, 0.1) is 0 Å². The number of carbonyl (C=O) groups is 2. The second-order valence-corrected chi connectivity index (χ2v) is 5.33. The van der Waals surface area contributed by atoms with Crippen molar-refractivity contribution in [2.45, 2.75) is 25.7 Å². The number of ether oxygens (including phenoxy) is 2. The van der Waals surface area contributed by atoms with Crippen molar-refractivity contribution < 1.29 is 19.1 Å². The summed E-state index contributed by atoms with van der Waals surface area (Å²) < 4.78 is 9.68. The maximum atomic E-state index is 11.8. The van der Waals surface area contributed by atoms with Crippen LogP contribution in [0, 0.1) is 24.5 Å². The van der Waals surface area contributed by atoms with Crippen molar-refractivity contribution in [3.05, 3.63) is 23.3 Å². The van der Waals surface area contributed by atoms with Gasteiger partial charge in [-0.15, -0.1) is 0 Å². The number of anilines is 1. The lowest BCUT2D eigenvalue weighted by Gasteiger charge is -2.13. The van der Waals surface area contributed by atoms with Crippen LogP contribution < -0.4 is 5.32 Å². The average Bonchev–Trinajstić information content (AvgIpc) is 2.47. The van der Waals surface area contributed by atoms with E-state index >= 15 is 0 Å². The lowest BCUT2D eigenvalue weighted by Crippen LogP contribution is -2.23. The molecular weight excluding hydrogens is 304 g/mol. The molecule has 0 saturated carbocycles. The number of carbonyl (C=O) groups excluding carboxylic acids is 2. The van der Waals surface area contributed by atoms with Crippen LogP contribution in [0.15, 0.2) is 17.0 Å². The van der Waals surface area contributed by atoms with Gasteiger partial charge in [-0.2, -0.15) is 5.26 Å². The number of benzene rings is 1. The summed E-state index contributed by atoms with van der Waals surface area (Å²) in [5, 5.41) is 13.4. The average molecular weight is 322 g/mol. The Kier molecular flexibility index (Phi) is 7.43. The molecule has 0 aromatic heterocycles. The van der Waals surface area contributed by atoms with E-state index in [0.717, 1.165) is 27.8 Å². The van der Waals surface area contributed by atoms with Gasteiger partial charge in [0.15, 0.2) is 6.61 Å². The normalized spacial score (nSPS) is 9.91. The second kappa shape index (κ2) is 9.07. The van der Waals surface area contributed by atoms with E-state index in [1.165, 1.54) is 0 Å². The van der Waals surface area contributed by atoms with E-state index in [0.29, 0.717) is 12.3 Å². The summed E-state index contributed by atoms with van der Waals surface area (Å²) in [4.78, 5) is 23.9. The van der Waals surface area contributed by atoms with Crippen molar-refractivity contribution in [1.29, 1.82) is 5.26 Å². The van der Waals surface area contributed by atoms with Crippen LogP contribution in [-0.4, -0.2) is 31.7 Å². The fraction of sp³-hybridized carbons (Fsp3) is 0.400. The number of hydrogen-bond donors (Lipinski definition) is 1. The van der Waals surface area contributed by atoms with E-state index in [4.69, 9.17) is 14.7 Å². The number of thioether (sulfide) groups is 1. The zero-order valence-electron chi connectivity index (χ0n) is 12.8. The van der Waals surface area contributed by atoms with Crippen molar-refractivity contribution >= 4 is 29.3 Å². The molecule has 0 unspecified atom stereocenters. The fourth-order valence-corrected chi connectivity index (χ4v) is 2.36. The van der Waals surface area contributed by atoms with Crippen LogP contribution in [0.1, 0.15) is 18.1 Å². The number of aryl methyl sites for hydroxylation is 2. The molecule has 0 bridgehead atoms. The van der Waals surface area contributed by atoms with Crippen LogP contribution in [0.3, 0.4) is 0 Å². The van der Waals surface area contributed by atoms with E-state index in [2.05, 4.69) is 5.32 Å². The molecule has 1 aromatic rings. The van der Waals surface area contributed by atoms with Crippen LogP contribution >= 0.6 is 11.8 Å². The van der Waals surface area contributed by atoms with E-state index in [1.807, 2.05) is 31.4 Å². The van der Waals surface area contributed by atoms with Gasteiger partial charge in [0.25, 0.3) is 5.91 Å². The molecule has 0 aliphatic heterocycles. The maximum absolute atomic E-state index is 11.8. The van der Waals surface area contributed by atoms with E-state index in [1.54, 1.807) is 6.92 Å². The number of nitrogens with zero attached hydrogens (tertiary/aromatic N) is 1. The van der Waals surface area contributed by atoms with Crippen molar-refractivity contribution in [3.8, 4) is 5.40 Å². The van der Waals surface area contributed by atoms with Gasteiger partial charge in [-0.25, -0.2) is 4.79 Å². The summed E-state index contributed by atoms with van der Waals surface area (Å²) in [5.74, 6) is -0.997. The Morgan fingerprint density at radius 3 is 2.45 bits per heavy atom.